The Morgan fingerprint density at radius 1 is 1.16 bits per heavy atom. The van der Waals surface area contributed by atoms with Gasteiger partial charge in [-0.3, -0.25) is 4.98 Å². The number of aryl methyl sites for hydroxylation is 1. The van der Waals surface area contributed by atoms with Crippen LogP contribution in [0, 0.1) is 12.8 Å². The maximum atomic E-state index is 5.81. The van der Waals surface area contributed by atoms with Gasteiger partial charge in [0.2, 0.25) is 0 Å². The summed E-state index contributed by atoms with van der Waals surface area (Å²) in [5, 5.41) is 6.80. The highest BCUT2D eigenvalue weighted by Crippen LogP contribution is 2.32. The molecule has 2 aromatic rings. The summed E-state index contributed by atoms with van der Waals surface area (Å²) < 4.78 is 17.3. The zero-order chi connectivity index (χ0) is 21.3. The number of nitrogens with one attached hydrogen (secondary N) is 2. The van der Waals surface area contributed by atoms with Crippen LogP contribution in [0.1, 0.15) is 37.1 Å². The molecular formula is C24H33IN4O3. The van der Waals surface area contributed by atoms with Crippen molar-refractivity contribution in [3.05, 3.63) is 47.8 Å². The van der Waals surface area contributed by atoms with E-state index in [1.165, 1.54) is 12.8 Å². The summed E-state index contributed by atoms with van der Waals surface area (Å²) >= 11 is 0. The number of pyridine rings is 1. The second kappa shape index (κ2) is 12.8. The number of guanidine groups is 1. The molecule has 2 heterocycles. The fraction of sp³-hybridized carbons (Fsp3) is 0.500. The molecule has 1 aromatic carbocycles. The van der Waals surface area contributed by atoms with Crippen LogP contribution in [0.25, 0.3) is 0 Å². The monoisotopic (exact) mass is 552 g/mol. The maximum Gasteiger partial charge on any atom is 0.196 e. The molecule has 7 nitrogen and oxygen atoms in total. The number of hydrogen-bond acceptors (Lipinski definition) is 5. The van der Waals surface area contributed by atoms with Crippen LogP contribution in [0.3, 0.4) is 0 Å². The molecule has 1 fully saturated rings. The molecule has 0 radical (unpaired) electrons. The lowest BCUT2D eigenvalue weighted by Gasteiger charge is -2.15. The van der Waals surface area contributed by atoms with Crippen molar-refractivity contribution >= 4 is 35.6 Å². The van der Waals surface area contributed by atoms with Gasteiger partial charge in [0.15, 0.2) is 17.5 Å². The molecule has 1 aliphatic carbocycles. The van der Waals surface area contributed by atoms with Gasteiger partial charge >= 0.3 is 0 Å². The Morgan fingerprint density at radius 2 is 2.00 bits per heavy atom. The summed E-state index contributed by atoms with van der Waals surface area (Å²) in [4.78, 5) is 9.28. The highest BCUT2D eigenvalue weighted by Gasteiger charge is 2.20. The van der Waals surface area contributed by atoms with Gasteiger partial charge in [0.25, 0.3) is 0 Å². The molecule has 2 N–H and O–H groups in total. The van der Waals surface area contributed by atoms with Crippen molar-refractivity contribution in [1.82, 2.24) is 10.3 Å². The summed E-state index contributed by atoms with van der Waals surface area (Å²) in [5.74, 6) is 3.05. The van der Waals surface area contributed by atoms with Gasteiger partial charge < -0.3 is 24.8 Å². The highest BCUT2D eigenvalue weighted by atomic mass is 127. The first kappa shape index (κ1) is 24.6. The van der Waals surface area contributed by atoms with E-state index in [-0.39, 0.29) is 24.0 Å². The van der Waals surface area contributed by atoms with E-state index >= 15 is 0 Å². The minimum Gasteiger partial charge on any atom is -0.490 e. The Balaban J connectivity index is 0.00000289. The summed E-state index contributed by atoms with van der Waals surface area (Å²) in [7, 11) is 0. The Labute approximate surface area is 207 Å². The van der Waals surface area contributed by atoms with E-state index in [1.54, 1.807) is 0 Å². The van der Waals surface area contributed by atoms with Crippen molar-refractivity contribution in [3.63, 3.8) is 0 Å². The average Bonchev–Trinajstić information content (AvgIpc) is 3.61. The Bertz CT molecular complexity index is 889. The van der Waals surface area contributed by atoms with Crippen LogP contribution >= 0.6 is 24.0 Å². The van der Waals surface area contributed by atoms with Crippen LogP contribution in [0.4, 0.5) is 5.69 Å². The summed E-state index contributed by atoms with van der Waals surface area (Å²) in [5.41, 5.74) is 2.83. The third kappa shape index (κ3) is 8.12. The van der Waals surface area contributed by atoms with Crippen molar-refractivity contribution in [1.29, 1.82) is 0 Å². The Morgan fingerprint density at radius 3 is 2.81 bits per heavy atom. The third-order valence-electron chi connectivity index (χ3n) is 5.16. The highest BCUT2D eigenvalue weighted by molar-refractivity contribution is 14.0. The van der Waals surface area contributed by atoms with E-state index in [4.69, 9.17) is 19.2 Å². The number of hydrogen-bond donors (Lipinski definition) is 2. The minimum atomic E-state index is 0. The molecule has 8 heteroatoms. The number of ether oxygens (including phenoxy) is 3. The SMILES string of the molecule is Cc1cccc(CN=C(NCCCOCC2CC2)Nc2ccc3c(c2)OCCCO3)n1.I. The second-order valence-electron chi connectivity index (χ2n) is 8.07. The molecule has 32 heavy (non-hydrogen) atoms. The van der Waals surface area contributed by atoms with E-state index in [0.29, 0.717) is 25.7 Å². The zero-order valence-corrected chi connectivity index (χ0v) is 21.0. The zero-order valence-electron chi connectivity index (χ0n) is 18.6. The van der Waals surface area contributed by atoms with Gasteiger partial charge in [-0.2, -0.15) is 0 Å². The van der Waals surface area contributed by atoms with Gasteiger partial charge in [-0.1, -0.05) is 6.07 Å². The van der Waals surface area contributed by atoms with E-state index < -0.39 is 0 Å². The van der Waals surface area contributed by atoms with Crippen molar-refractivity contribution in [2.45, 2.75) is 39.2 Å². The van der Waals surface area contributed by atoms with Crippen LogP contribution in [0.5, 0.6) is 11.5 Å². The van der Waals surface area contributed by atoms with Crippen LogP contribution in [-0.4, -0.2) is 43.9 Å². The smallest absolute Gasteiger partial charge is 0.196 e. The molecule has 0 unspecified atom stereocenters. The number of halogens is 1. The largest absolute Gasteiger partial charge is 0.490 e. The predicted molar refractivity (Wildman–Crippen MR) is 137 cm³/mol. The number of benzene rings is 1. The lowest BCUT2D eigenvalue weighted by atomic mass is 10.2. The molecule has 1 aliphatic heterocycles. The van der Waals surface area contributed by atoms with Crippen molar-refractivity contribution in [2.75, 3.05) is 38.3 Å². The number of fused-ring (bicyclic) bond motifs is 1. The van der Waals surface area contributed by atoms with E-state index in [0.717, 1.165) is 67.1 Å². The average molecular weight is 552 g/mol. The second-order valence-corrected chi connectivity index (χ2v) is 8.07. The lowest BCUT2D eigenvalue weighted by Crippen LogP contribution is -2.32. The molecule has 4 rings (SSSR count). The summed E-state index contributed by atoms with van der Waals surface area (Å²) in [6.45, 7) is 6.28. The summed E-state index contributed by atoms with van der Waals surface area (Å²) in [6, 6.07) is 11.9. The molecule has 0 bridgehead atoms. The molecule has 1 aromatic heterocycles. The van der Waals surface area contributed by atoms with Crippen LogP contribution in [0.15, 0.2) is 41.4 Å². The minimum absolute atomic E-state index is 0. The molecule has 0 amide bonds. The first-order valence-electron chi connectivity index (χ1n) is 11.2. The lowest BCUT2D eigenvalue weighted by molar-refractivity contribution is 0.123. The first-order valence-corrected chi connectivity index (χ1v) is 11.2. The first-order chi connectivity index (χ1) is 15.3. The van der Waals surface area contributed by atoms with Crippen molar-refractivity contribution in [3.8, 4) is 11.5 Å². The number of nitrogens with zero attached hydrogens (tertiary/aromatic N) is 2. The predicted octanol–water partition coefficient (Wildman–Crippen LogP) is 4.54. The van der Waals surface area contributed by atoms with Gasteiger partial charge in [0.1, 0.15) is 0 Å². The number of aliphatic imine (C=N–C) groups is 1. The van der Waals surface area contributed by atoms with Crippen molar-refractivity contribution in [2.24, 2.45) is 10.9 Å². The molecule has 1 saturated carbocycles. The molecule has 0 atom stereocenters. The van der Waals surface area contributed by atoms with Crippen LogP contribution < -0.4 is 20.1 Å². The van der Waals surface area contributed by atoms with Gasteiger partial charge in [0, 0.05) is 43.6 Å². The maximum absolute atomic E-state index is 5.81. The van der Waals surface area contributed by atoms with Crippen LogP contribution in [-0.2, 0) is 11.3 Å². The van der Waals surface area contributed by atoms with Gasteiger partial charge in [-0.15, -0.1) is 24.0 Å². The Kier molecular flexibility index (Phi) is 9.86. The number of rotatable bonds is 9. The van der Waals surface area contributed by atoms with E-state index in [9.17, 15) is 0 Å². The van der Waals surface area contributed by atoms with E-state index in [1.807, 2.05) is 43.3 Å². The normalized spacial score (nSPS) is 15.5. The molecule has 174 valence electrons. The van der Waals surface area contributed by atoms with Crippen molar-refractivity contribution < 1.29 is 14.2 Å². The van der Waals surface area contributed by atoms with E-state index in [2.05, 4.69) is 15.6 Å². The van der Waals surface area contributed by atoms with Gasteiger partial charge in [0.05, 0.1) is 25.5 Å². The van der Waals surface area contributed by atoms with Gasteiger partial charge in [-0.25, -0.2) is 4.99 Å². The number of anilines is 1. The topological polar surface area (TPSA) is 77.0 Å². The fourth-order valence-corrected chi connectivity index (χ4v) is 3.28. The van der Waals surface area contributed by atoms with Crippen LogP contribution in [0.2, 0.25) is 0 Å². The third-order valence-corrected chi connectivity index (χ3v) is 5.16. The molecule has 2 aliphatic rings. The molecule has 0 saturated heterocycles. The quantitative estimate of drug-likeness (QED) is 0.206. The summed E-state index contributed by atoms with van der Waals surface area (Å²) in [6.07, 6.45) is 4.46. The Hall–Kier alpha value is -2.07. The van der Waals surface area contributed by atoms with Gasteiger partial charge in [-0.05, 0) is 56.4 Å². The number of aromatic nitrogens is 1. The molecular weight excluding hydrogens is 519 g/mol. The fourth-order valence-electron chi connectivity index (χ4n) is 3.28. The molecule has 0 spiro atoms. The standard InChI is InChI=1S/C24H32N4O3.HI/c1-18-5-2-6-21(27-18)16-26-24(25-11-3-12-29-17-19-7-8-19)28-20-9-10-22-23(15-20)31-14-4-13-30-22;/h2,5-6,9-10,15,19H,3-4,7-8,11-14,16-17H2,1H3,(H2,25,26,28);1H.